The molecule has 0 bridgehead atoms. The number of anilines is 2. The van der Waals surface area contributed by atoms with Gasteiger partial charge in [0.15, 0.2) is 0 Å². The van der Waals surface area contributed by atoms with Gasteiger partial charge in [-0.2, -0.15) is 0 Å². The van der Waals surface area contributed by atoms with Crippen molar-refractivity contribution < 1.29 is 27.4 Å². The maximum absolute atomic E-state index is 12.4. The number of rotatable bonds is 4. The van der Waals surface area contributed by atoms with Crippen molar-refractivity contribution in [1.82, 2.24) is 4.90 Å². The van der Waals surface area contributed by atoms with Gasteiger partial charge in [0.25, 0.3) is 0 Å². The van der Waals surface area contributed by atoms with Crippen molar-refractivity contribution in [2.75, 3.05) is 43.5 Å². The van der Waals surface area contributed by atoms with Crippen LogP contribution in [0.2, 0.25) is 0 Å². The standard InChI is InChI=1S/C19H20F3N3O3/c1-27-17-5-3-2-4-16(17)24-10-12-25(13-11-24)18(26)23-14-6-8-15(9-7-14)28-19(20,21)22/h2-9H,10-13H2,1H3,(H,23,26). The van der Waals surface area contributed by atoms with Gasteiger partial charge in [-0.3, -0.25) is 0 Å². The molecule has 1 aliphatic heterocycles. The fourth-order valence-corrected chi connectivity index (χ4v) is 2.98. The van der Waals surface area contributed by atoms with Crippen LogP contribution < -0.4 is 19.7 Å². The average molecular weight is 395 g/mol. The predicted octanol–water partition coefficient (Wildman–Crippen LogP) is 3.95. The summed E-state index contributed by atoms with van der Waals surface area (Å²) in [7, 11) is 1.62. The van der Waals surface area contributed by atoms with E-state index in [1.165, 1.54) is 12.1 Å². The second kappa shape index (κ2) is 8.28. The highest BCUT2D eigenvalue weighted by Crippen LogP contribution is 2.28. The molecule has 28 heavy (non-hydrogen) atoms. The Balaban J connectivity index is 1.54. The molecule has 3 rings (SSSR count). The van der Waals surface area contributed by atoms with Gasteiger partial charge >= 0.3 is 12.4 Å². The lowest BCUT2D eigenvalue weighted by molar-refractivity contribution is -0.274. The first-order chi connectivity index (χ1) is 13.4. The molecule has 2 amide bonds. The number of benzene rings is 2. The van der Waals surface area contributed by atoms with E-state index in [2.05, 4.69) is 15.0 Å². The molecule has 0 saturated carbocycles. The molecule has 1 aliphatic rings. The van der Waals surface area contributed by atoms with Crippen LogP contribution in [-0.2, 0) is 0 Å². The third kappa shape index (κ3) is 4.99. The zero-order chi connectivity index (χ0) is 20.1. The largest absolute Gasteiger partial charge is 0.573 e. The first-order valence-corrected chi connectivity index (χ1v) is 8.65. The number of nitrogens with one attached hydrogen (secondary N) is 1. The summed E-state index contributed by atoms with van der Waals surface area (Å²) in [6.07, 6.45) is -4.74. The molecule has 1 N–H and O–H groups in total. The maximum atomic E-state index is 12.4. The van der Waals surface area contributed by atoms with Crippen LogP contribution >= 0.6 is 0 Å². The first-order valence-electron chi connectivity index (χ1n) is 8.65. The van der Waals surface area contributed by atoms with Gasteiger partial charge in [-0.25, -0.2) is 4.79 Å². The Morgan fingerprint density at radius 3 is 2.25 bits per heavy atom. The number of para-hydroxylation sites is 2. The minimum atomic E-state index is -4.74. The van der Waals surface area contributed by atoms with Crippen molar-refractivity contribution in [2.45, 2.75) is 6.36 Å². The molecule has 0 atom stereocenters. The molecule has 0 unspecified atom stereocenters. The Bertz CT molecular complexity index is 804. The zero-order valence-corrected chi connectivity index (χ0v) is 15.2. The van der Waals surface area contributed by atoms with Crippen molar-refractivity contribution in [3.8, 4) is 11.5 Å². The predicted molar refractivity (Wildman–Crippen MR) is 98.9 cm³/mol. The van der Waals surface area contributed by atoms with Gasteiger partial charge < -0.3 is 24.6 Å². The number of piperazine rings is 1. The minimum absolute atomic E-state index is 0.302. The number of hydrogen-bond donors (Lipinski definition) is 1. The normalized spacial score (nSPS) is 14.6. The number of carbonyl (C=O) groups is 1. The van der Waals surface area contributed by atoms with Crippen molar-refractivity contribution in [3.05, 3.63) is 48.5 Å². The molecular formula is C19H20F3N3O3. The molecule has 1 heterocycles. The summed E-state index contributed by atoms with van der Waals surface area (Å²) in [5.41, 5.74) is 1.37. The molecule has 2 aromatic carbocycles. The van der Waals surface area contributed by atoms with E-state index in [9.17, 15) is 18.0 Å². The summed E-state index contributed by atoms with van der Waals surface area (Å²) >= 11 is 0. The monoisotopic (exact) mass is 395 g/mol. The van der Waals surface area contributed by atoms with Gasteiger partial charge in [-0.15, -0.1) is 13.2 Å². The summed E-state index contributed by atoms with van der Waals surface area (Å²) in [4.78, 5) is 16.2. The smallest absolute Gasteiger partial charge is 0.495 e. The van der Waals surface area contributed by atoms with Gasteiger partial charge in [0.05, 0.1) is 12.8 Å². The number of ether oxygens (including phenoxy) is 2. The van der Waals surface area contributed by atoms with Crippen LogP contribution in [0.15, 0.2) is 48.5 Å². The van der Waals surface area contributed by atoms with Gasteiger partial charge in [-0.05, 0) is 36.4 Å². The molecule has 6 nitrogen and oxygen atoms in total. The molecule has 0 spiro atoms. The lowest BCUT2D eigenvalue weighted by atomic mass is 10.2. The highest BCUT2D eigenvalue weighted by Gasteiger charge is 2.31. The topological polar surface area (TPSA) is 54.0 Å². The van der Waals surface area contributed by atoms with Crippen LogP contribution in [0.25, 0.3) is 0 Å². The molecule has 2 aromatic rings. The molecule has 0 aromatic heterocycles. The van der Waals surface area contributed by atoms with E-state index in [-0.39, 0.29) is 11.8 Å². The van der Waals surface area contributed by atoms with E-state index in [0.717, 1.165) is 23.6 Å². The molecule has 1 fully saturated rings. The van der Waals surface area contributed by atoms with Crippen LogP contribution in [0, 0.1) is 0 Å². The zero-order valence-electron chi connectivity index (χ0n) is 15.2. The van der Waals surface area contributed by atoms with Gasteiger partial charge in [0.1, 0.15) is 11.5 Å². The molecule has 9 heteroatoms. The number of methoxy groups -OCH3 is 1. The quantitative estimate of drug-likeness (QED) is 0.852. The number of nitrogens with zero attached hydrogens (tertiary/aromatic N) is 2. The Morgan fingerprint density at radius 1 is 1.00 bits per heavy atom. The number of amides is 2. The number of alkyl halides is 3. The third-order valence-electron chi connectivity index (χ3n) is 4.33. The van der Waals surface area contributed by atoms with Crippen molar-refractivity contribution in [3.63, 3.8) is 0 Å². The number of urea groups is 1. The van der Waals surface area contributed by atoms with E-state index in [4.69, 9.17) is 4.74 Å². The Labute approximate surface area is 160 Å². The lowest BCUT2D eigenvalue weighted by Gasteiger charge is -2.36. The lowest BCUT2D eigenvalue weighted by Crippen LogP contribution is -2.50. The fraction of sp³-hybridized carbons (Fsp3) is 0.316. The second-order valence-corrected chi connectivity index (χ2v) is 6.15. The summed E-state index contributed by atoms with van der Waals surface area (Å²) in [5.74, 6) is 0.442. The van der Waals surface area contributed by atoms with Crippen LogP contribution in [0.5, 0.6) is 11.5 Å². The van der Waals surface area contributed by atoms with Crippen molar-refractivity contribution >= 4 is 17.4 Å². The average Bonchev–Trinajstić information content (AvgIpc) is 2.68. The van der Waals surface area contributed by atoms with Crippen LogP contribution in [0.3, 0.4) is 0 Å². The highest BCUT2D eigenvalue weighted by atomic mass is 19.4. The van der Waals surface area contributed by atoms with Crippen LogP contribution in [0.4, 0.5) is 29.3 Å². The van der Waals surface area contributed by atoms with Crippen molar-refractivity contribution in [2.24, 2.45) is 0 Å². The summed E-state index contributed by atoms with van der Waals surface area (Å²) < 4.78 is 45.7. The van der Waals surface area contributed by atoms with Crippen molar-refractivity contribution in [1.29, 1.82) is 0 Å². The van der Waals surface area contributed by atoms with Gasteiger partial charge in [0, 0.05) is 31.9 Å². The Kier molecular flexibility index (Phi) is 5.81. The van der Waals surface area contributed by atoms with Crippen LogP contribution in [0.1, 0.15) is 0 Å². The molecule has 1 saturated heterocycles. The van der Waals surface area contributed by atoms with E-state index in [1.807, 2.05) is 24.3 Å². The van der Waals surface area contributed by atoms with E-state index in [0.29, 0.717) is 31.9 Å². The summed E-state index contributed by atoms with van der Waals surface area (Å²) in [5, 5.41) is 2.69. The van der Waals surface area contributed by atoms with E-state index in [1.54, 1.807) is 12.0 Å². The second-order valence-electron chi connectivity index (χ2n) is 6.15. The molecular weight excluding hydrogens is 375 g/mol. The molecule has 0 aliphatic carbocycles. The fourth-order valence-electron chi connectivity index (χ4n) is 2.98. The van der Waals surface area contributed by atoms with E-state index >= 15 is 0 Å². The summed E-state index contributed by atoms with van der Waals surface area (Å²) in [6.45, 7) is 2.32. The van der Waals surface area contributed by atoms with Crippen LogP contribution in [-0.4, -0.2) is 50.6 Å². The highest BCUT2D eigenvalue weighted by molar-refractivity contribution is 5.89. The SMILES string of the molecule is COc1ccccc1N1CCN(C(=O)Nc2ccc(OC(F)(F)F)cc2)CC1. The summed E-state index contributed by atoms with van der Waals surface area (Å²) in [6, 6.07) is 12.4. The first kappa shape index (κ1) is 19.7. The third-order valence-corrected chi connectivity index (χ3v) is 4.33. The Hall–Kier alpha value is -3.10. The van der Waals surface area contributed by atoms with Gasteiger partial charge in [0.2, 0.25) is 0 Å². The van der Waals surface area contributed by atoms with E-state index < -0.39 is 6.36 Å². The minimum Gasteiger partial charge on any atom is -0.495 e. The number of halogens is 3. The maximum Gasteiger partial charge on any atom is 0.573 e. The Morgan fingerprint density at radius 2 is 1.64 bits per heavy atom. The number of carbonyl (C=O) groups excluding carboxylic acids is 1. The molecule has 150 valence electrons. The number of hydrogen-bond acceptors (Lipinski definition) is 4. The van der Waals surface area contributed by atoms with Gasteiger partial charge in [-0.1, -0.05) is 12.1 Å². The molecule has 0 radical (unpaired) electrons.